The molecule has 37 heavy (non-hydrogen) atoms. The lowest BCUT2D eigenvalue weighted by molar-refractivity contribution is -0.0245. The Kier molecular flexibility index (Phi) is 9.02. The zero-order valence-corrected chi connectivity index (χ0v) is 22.1. The van der Waals surface area contributed by atoms with E-state index in [0.29, 0.717) is 26.1 Å². The third-order valence-corrected chi connectivity index (χ3v) is 6.56. The van der Waals surface area contributed by atoms with Gasteiger partial charge in [-0.25, -0.2) is 18.4 Å². The first-order valence-electron chi connectivity index (χ1n) is 12.0. The quantitative estimate of drug-likeness (QED) is 0.228. The van der Waals surface area contributed by atoms with Gasteiger partial charge in [0.2, 0.25) is 0 Å². The van der Waals surface area contributed by atoms with Gasteiger partial charge in [0.15, 0.2) is 0 Å². The van der Waals surface area contributed by atoms with Crippen LogP contribution in [0.15, 0.2) is 83.9 Å². The van der Waals surface area contributed by atoms with Crippen LogP contribution < -0.4 is 4.74 Å². The smallest absolute Gasteiger partial charge is 0.137 e. The molecule has 0 aliphatic heterocycles. The van der Waals surface area contributed by atoms with Gasteiger partial charge in [-0.3, -0.25) is 4.90 Å². The molecule has 0 bridgehead atoms. The van der Waals surface area contributed by atoms with Gasteiger partial charge >= 0.3 is 0 Å². The van der Waals surface area contributed by atoms with Gasteiger partial charge in [0, 0.05) is 35.7 Å². The molecule has 0 fully saturated rings. The normalized spacial score (nSPS) is 13.0. The van der Waals surface area contributed by atoms with Crippen LogP contribution in [0.2, 0.25) is 0 Å². The highest BCUT2D eigenvalue weighted by molar-refractivity contribution is 9.10. The molecule has 0 amide bonds. The zero-order valence-electron chi connectivity index (χ0n) is 20.5. The summed E-state index contributed by atoms with van der Waals surface area (Å²) in [7, 11) is 0. The Hall–Kier alpha value is -3.14. The van der Waals surface area contributed by atoms with Crippen molar-refractivity contribution in [1.82, 2.24) is 19.7 Å². The minimum atomic E-state index is -1.69. The summed E-state index contributed by atoms with van der Waals surface area (Å²) in [5.74, 6) is -0.744. The monoisotopic (exact) mass is 570 g/mol. The lowest BCUT2D eigenvalue weighted by Crippen LogP contribution is -2.45. The van der Waals surface area contributed by atoms with Gasteiger partial charge < -0.3 is 9.84 Å². The largest absolute Gasteiger partial charge is 0.494 e. The van der Waals surface area contributed by atoms with E-state index < -0.39 is 17.2 Å². The predicted molar refractivity (Wildman–Crippen MR) is 141 cm³/mol. The molecule has 1 aromatic heterocycles. The highest BCUT2D eigenvalue weighted by atomic mass is 79.9. The number of hydrogen-bond acceptors (Lipinski definition) is 5. The number of hydrogen-bond donors (Lipinski definition) is 1. The fourth-order valence-corrected chi connectivity index (χ4v) is 4.48. The van der Waals surface area contributed by atoms with Gasteiger partial charge in [-0.15, -0.1) is 0 Å². The van der Waals surface area contributed by atoms with E-state index >= 15 is 0 Å². The average Bonchev–Trinajstić information content (AvgIpc) is 3.36. The van der Waals surface area contributed by atoms with E-state index in [9.17, 15) is 13.9 Å². The highest BCUT2D eigenvalue weighted by Crippen LogP contribution is 2.29. The molecule has 0 radical (unpaired) electrons. The third-order valence-electron chi connectivity index (χ3n) is 6.04. The molecule has 6 nitrogen and oxygen atoms in total. The number of aryl methyl sites for hydroxylation is 1. The van der Waals surface area contributed by atoms with Crippen molar-refractivity contribution < 1.29 is 18.6 Å². The molecule has 4 rings (SSSR count). The van der Waals surface area contributed by atoms with E-state index in [1.54, 1.807) is 0 Å². The highest BCUT2D eigenvalue weighted by Gasteiger charge is 2.35. The third kappa shape index (κ3) is 7.67. The maximum atomic E-state index is 14.9. The molecule has 0 aliphatic rings. The Morgan fingerprint density at radius 3 is 2.49 bits per heavy atom. The second kappa shape index (κ2) is 12.4. The summed E-state index contributed by atoms with van der Waals surface area (Å²) in [4.78, 5) is 5.99. The summed E-state index contributed by atoms with van der Waals surface area (Å²) >= 11 is 3.42. The van der Waals surface area contributed by atoms with Crippen LogP contribution in [0.25, 0.3) is 0 Å². The first-order chi connectivity index (χ1) is 17.8. The Bertz CT molecular complexity index is 1270. The van der Waals surface area contributed by atoms with Crippen LogP contribution in [0.5, 0.6) is 5.75 Å². The molecular weight excluding hydrogens is 542 g/mol. The predicted octanol–water partition coefficient (Wildman–Crippen LogP) is 5.49. The number of ether oxygens (including phenoxy) is 1. The average molecular weight is 571 g/mol. The molecule has 1 atom stereocenters. The lowest BCUT2D eigenvalue weighted by Gasteiger charge is -2.35. The Balaban J connectivity index is 1.54. The number of nitrogens with zero attached hydrogens (tertiary/aromatic N) is 4. The van der Waals surface area contributed by atoms with E-state index in [0.717, 1.165) is 33.5 Å². The zero-order chi connectivity index (χ0) is 26.3. The van der Waals surface area contributed by atoms with Crippen molar-refractivity contribution in [1.29, 1.82) is 0 Å². The Labute approximate surface area is 223 Å². The molecular formula is C28H29BrF2N4O2. The summed E-state index contributed by atoms with van der Waals surface area (Å²) in [6.07, 6.45) is 3.49. The van der Waals surface area contributed by atoms with E-state index in [-0.39, 0.29) is 18.7 Å². The number of halogens is 3. The van der Waals surface area contributed by atoms with Crippen molar-refractivity contribution in [3.8, 4) is 5.75 Å². The van der Waals surface area contributed by atoms with Crippen molar-refractivity contribution in [3.05, 3.63) is 112 Å². The summed E-state index contributed by atoms with van der Waals surface area (Å²) < 4.78 is 36.9. The van der Waals surface area contributed by atoms with Crippen molar-refractivity contribution in [2.24, 2.45) is 0 Å². The van der Waals surface area contributed by atoms with Gasteiger partial charge in [0.1, 0.15) is 35.6 Å². The topological polar surface area (TPSA) is 63.4 Å². The van der Waals surface area contributed by atoms with Gasteiger partial charge in [-0.1, -0.05) is 51.8 Å². The summed E-state index contributed by atoms with van der Waals surface area (Å²) in [6, 6.07) is 19.0. The standard InChI is InChI=1S/C28H29BrF2N4O2/c1-21-3-5-22(6-4-21)16-34(13-2-14-37-25-10-7-23(29)8-11-25)17-28(36,18-35-20-32-19-33-35)26-12-9-24(30)15-27(26)31/h3-12,15,19-20,36H,2,13-14,16-18H2,1H3. The molecule has 194 valence electrons. The molecule has 3 aromatic carbocycles. The van der Waals surface area contributed by atoms with E-state index in [1.165, 1.54) is 23.4 Å². The number of aromatic nitrogens is 3. The lowest BCUT2D eigenvalue weighted by atomic mass is 9.92. The molecule has 1 heterocycles. The molecule has 0 spiro atoms. The molecule has 4 aromatic rings. The van der Waals surface area contributed by atoms with Crippen LogP contribution in [0.4, 0.5) is 8.78 Å². The second-order valence-electron chi connectivity index (χ2n) is 9.10. The number of benzene rings is 3. The van der Waals surface area contributed by atoms with Crippen LogP contribution in [-0.2, 0) is 18.7 Å². The van der Waals surface area contributed by atoms with Crippen molar-refractivity contribution in [2.45, 2.75) is 32.0 Å². The molecule has 1 N–H and O–H groups in total. The fourth-order valence-electron chi connectivity index (χ4n) is 4.21. The minimum absolute atomic E-state index is 0.00409. The molecule has 9 heteroatoms. The Morgan fingerprint density at radius 1 is 1.05 bits per heavy atom. The van der Waals surface area contributed by atoms with Crippen molar-refractivity contribution in [2.75, 3.05) is 19.7 Å². The van der Waals surface area contributed by atoms with E-state index in [1.807, 2.05) is 55.5 Å². The van der Waals surface area contributed by atoms with Gasteiger partial charge in [-0.2, -0.15) is 5.10 Å². The maximum Gasteiger partial charge on any atom is 0.137 e. The van der Waals surface area contributed by atoms with Gasteiger partial charge in [0.05, 0.1) is 13.2 Å². The SMILES string of the molecule is Cc1ccc(CN(CCCOc2ccc(Br)cc2)CC(O)(Cn2cncn2)c2ccc(F)cc2F)cc1. The molecule has 0 aliphatic carbocycles. The Morgan fingerprint density at radius 2 is 1.81 bits per heavy atom. The van der Waals surface area contributed by atoms with Crippen molar-refractivity contribution >= 4 is 15.9 Å². The van der Waals surface area contributed by atoms with Crippen LogP contribution in [0.1, 0.15) is 23.1 Å². The van der Waals surface area contributed by atoms with Gasteiger partial charge in [0.25, 0.3) is 0 Å². The summed E-state index contributed by atoms with van der Waals surface area (Å²) in [5.41, 5.74) is 0.517. The molecule has 0 saturated heterocycles. The minimum Gasteiger partial charge on any atom is -0.494 e. The maximum absolute atomic E-state index is 14.9. The first-order valence-corrected chi connectivity index (χ1v) is 12.8. The van der Waals surface area contributed by atoms with E-state index in [4.69, 9.17) is 4.74 Å². The van der Waals surface area contributed by atoms with Crippen LogP contribution in [0, 0.1) is 18.6 Å². The van der Waals surface area contributed by atoms with Gasteiger partial charge in [-0.05, 0) is 49.2 Å². The first kappa shape index (κ1) is 26.9. The van der Waals surface area contributed by atoms with Crippen LogP contribution in [0.3, 0.4) is 0 Å². The number of aliphatic hydroxyl groups is 1. The molecule has 0 saturated carbocycles. The van der Waals surface area contributed by atoms with Crippen LogP contribution in [-0.4, -0.2) is 44.5 Å². The second-order valence-corrected chi connectivity index (χ2v) is 10.0. The molecule has 1 unspecified atom stereocenters. The van der Waals surface area contributed by atoms with Crippen LogP contribution >= 0.6 is 15.9 Å². The van der Waals surface area contributed by atoms with Crippen molar-refractivity contribution in [3.63, 3.8) is 0 Å². The van der Waals surface area contributed by atoms with E-state index in [2.05, 4.69) is 30.9 Å². The number of rotatable bonds is 12. The summed E-state index contributed by atoms with van der Waals surface area (Å²) in [5, 5.41) is 15.9. The summed E-state index contributed by atoms with van der Waals surface area (Å²) in [6.45, 7) is 3.64. The fraction of sp³-hybridized carbons (Fsp3) is 0.286.